The molecule has 0 N–H and O–H groups in total. The van der Waals surface area contributed by atoms with Gasteiger partial charge in [0.25, 0.3) is 0 Å². The highest BCUT2D eigenvalue weighted by Crippen LogP contribution is 2.24. The molecule has 0 aliphatic carbocycles. The van der Waals surface area contributed by atoms with Crippen LogP contribution in [0.3, 0.4) is 0 Å². The molecule has 0 aliphatic heterocycles. The van der Waals surface area contributed by atoms with Gasteiger partial charge in [-0.3, -0.25) is 4.79 Å². The fourth-order valence-electron chi connectivity index (χ4n) is 1.27. The van der Waals surface area contributed by atoms with Gasteiger partial charge in [0, 0.05) is 18.1 Å². The predicted octanol–water partition coefficient (Wildman–Crippen LogP) is 1.74. The molecule has 102 valence electrons. The first-order valence-electron chi connectivity index (χ1n) is 5.63. The average molecular weight is 291 g/mol. The Morgan fingerprint density at radius 2 is 2.22 bits per heavy atom. The molecule has 0 spiro atoms. The maximum Gasteiger partial charge on any atom is 0.306 e. The van der Waals surface area contributed by atoms with Crippen molar-refractivity contribution in [3.05, 3.63) is 16.1 Å². The molecule has 0 saturated heterocycles. The maximum absolute atomic E-state index is 11.4. The molecule has 1 aromatic rings. The Balaban J connectivity index is 2.62. The summed E-state index contributed by atoms with van der Waals surface area (Å²) >= 11 is 1.31. The Kier molecular flexibility index (Phi) is 5.28. The first-order valence-corrected chi connectivity index (χ1v) is 8.46. The fourth-order valence-corrected chi connectivity index (χ4v) is 3.17. The minimum Gasteiger partial charge on any atom is -0.466 e. The second-order valence-electron chi connectivity index (χ2n) is 3.95. The molecule has 1 heterocycles. The van der Waals surface area contributed by atoms with Gasteiger partial charge in [0.2, 0.25) is 0 Å². The molecular formula is C11H17NO4S2. The monoisotopic (exact) mass is 291 g/mol. The van der Waals surface area contributed by atoms with Crippen molar-refractivity contribution in [2.75, 3.05) is 12.9 Å². The largest absolute Gasteiger partial charge is 0.466 e. The van der Waals surface area contributed by atoms with Crippen LogP contribution in [0.4, 0.5) is 0 Å². The lowest BCUT2D eigenvalue weighted by Crippen LogP contribution is -2.08. The molecular weight excluding hydrogens is 274 g/mol. The van der Waals surface area contributed by atoms with E-state index in [9.17, 15) is 13.2 Å². The lowest BCUT2D eigenvalue weighted by atomic mass is 10.2. The van der Waals surface area contributed by atoms with Gasteiger partial charge in [0.15, 0.2) is 9.84 Å². The van der Waals surface area contributed by atoms with Crippen LogP contribution in [-0.2, 0) is 25.8 Å². The third-order valence-electron chi connectivity index (χ3n) is 2.45. The van der Waals surface area contributed by atoms with Crippen LogP contribution in [0.5, 0.6) is 0 Å². The molecule has 1 atom stereocenters. The van der Waals surface area contributed by atoms with Gasteiger partial charge in [-0.05, 0) is 13.8 Å². The second-order valence-corrected chi connectivity index (χ2v) is 7.21. The molecule has 1 rings (SSSR count). The number of nitrogens with zero attached hydrogens (tertiary/aromatic N) is 1. The van der Waals surface area contributed by atoms with Crippen LogP contribution in [0.25, 0.3) is 0 Å². The highest BCUT2D eigenvalue weighted by Gasteiger charge is 2.20. The van der Waals surface area contributed by atoms with Gasteiger partial charge < -0.3 is 4.74 Å². The first-order chi connectivity index (χ1) is 8.34. The van der Waals surface area contributed by atoms with Crippen molar-refractivity contribution in [3.63, 3.8) is 0 Å². The van der Waals surface area contributed by atoms with Crippen LogP contribution < -0.4 is 0 Å². The lowest BCUT2D eigenvalue weighted by molar-refractivity contribution is -0.143. The van der Waals surface area contributed by atoms with Gasteiger partial charge >= 0.3 is 5.97 Å². The van der Waals surface area contributed by atoms with Gasteiger partial charge in [-0.25, -0.2) is 13.4 Å². The highest BCUT2D eigenvalue weighted by molar-refractivity contribution is 7.91. The Labute approximate surface area is 111 Å². The number of carbonyl (C=O) groups excluding carboxylic acids is 1. The number of hydrogen-bond donors (Lipinski definition) is 0. The summed E-state index contributed by atoms with van der Waals surface area (Å²) in [5, 5.41) is 1.76. The predicted molar refractivity (Wildman–Crippen MR) is 70.3 cm³/mol. The number of carbonyl (C=O) groups is 1. The van der Waals surface area contributed by atoms with E-state index in [0.717, 1.165) is 5.69 Å². The van der Waals surface area contributed by atoms with Gasteiger partial charge in [-0.15, -0.1) is 11.3 Å². The zero-order valence-corrected chi connectivity index (χ0v) is 12.3. The van der Waals surface area contributed by atoms with Crippen molar-refractivity contribution < 1.29 is 17.9 Å². The van der Waals surface area contributed by atoms with Crippen LogP contribution >= 0.6 is 11.3 Å². The smallest absolute Gasteiger partial charge is 0.306 e. The SMILES string of the molecule is CCOC(=O)CCc1csc(C(C)S(C)(=O)=O)n1. The minimum absolute atomic E-state index is 0.261. The molecule has 5 nitrogen and oxygen atoms in total. The van der Waals surface area contributed by atoms with E-state index in [2.05, 4.69) is 4.98 Å². The third-order valence-corrected chi connectivity index (χ3v) is 5.18. The Hall–Kier alpha value is -0.950. The van der Waals surface area contributed by atoms with E-state index in [4.69, 9.17) is 4.74 Å². The van der Waals surface area contributed by atoms with E-state index in [0.29, 0.717) is 18.0 Å². The zero-order valence-electron chi connectivity index (χ0n) is 10.7. The Bertz CT molecular complexity index is 507. The van der Waals surface area contributed by atoms with Crippen LogP contribution in [0, 0.1) is 0 Å². The molecule has 7 heteroatoms. The van der Waals surface area contributed by atoms with Crippen molar-refractivity contribution in [1.82, 2.24) is 4.98 Å². The summed E-state index contributed by atoms with van der Waals surface area (Å²) < 4.78 is 27.6. The lowest BCUT2D eigenvalue weighted by Gasteiger charge is -2.04. The van der Waals surface area contributed by atoms with Crippen molar-refractivity contribution >= 4 is 27.1 Å². The summed E-state index contributed by atoms with van der Waals surface area (Å²) in [5.41, 5.74) is 0.735. The summed E-state index contributed by atoms with van der Waals surface area (Å²) in [7, 11) is -3.13. The first kappa shape index (κ1) is 15.1. The van der Waals surface area contributed by atoms with Crippen molar-refractivity contribution in [2.24, 2.45) is 0 Å². The van der Waals surface area contributed by atoms with Crippen molar-refractivity contribution in [2.45, 2.75) is 31.9 Å². The van der Waals surface area contributed by atoms with E-state index in [1.54, 1.807) is 19.2 Å². The van der Waals surface area contributed by atoms with Crippen molar-refractivity contribution in [3.8, 4) is 0 Å². The van der Waals surface area contributed by atoms with Crippen LogP contribution in [0.15, 0.2) is 5.38 Å². The quantitative estimate of drug-likeness (QED) is 0.746. The maximum atomic E-state index is 11.4. The number of thiazole rings is 1. The summed E-state index contributed by atoms with van der Waals surface area (Å²) in [6.07, 6.45) is 1.94. The molecule has 1 unspecified atom stereocenters. The standard InChI is InChI=1S/C11H17NO4S2/c1-4-16-10(13)6-5-9-7-17-11(12-9)8(2)18(3,14)15/h7-8H,4-6H2,1-3H3. The number of aromatic nitrogens is 1. The number of esters is 1. The van der Waals surface area contributed by atoms with E-state index >= 15 is 0 Å². The number of aryl methyl sites for hydroxylation is 1. The van der Waals surface area contributed by atoms with Gasteiger partial charge in [0.1, 0.15) is 10.3 Å². The normalized spacial score (nSPS) is 13.3. The summed E-state index contributed by atoms with van der Waals surface area (Å²) in [6.45, 7) is 3.74. The molecule has 0 bridgehead atoms. The van der Waals surface area contributed by atoms with Gasteiger partial charge in [-0.1, -0.05) is 0 Å². The topological polar surface area (TPSA) is 73.3 Å². The van der Waals surface area contributed by atoms with E-state index in [1.807, 2.05) is 0 Å². The van der Waals surface area contributed by atoms with Crippen LogP contribution in [0.1, 0.15) is 36.2 Å². The number of hydrogen-bond acceptors (Lipinski definition) is 6. The molecule has 0 aliphatic rings. The molecule has 1 aromatic heterocycles. The van der Waals surface area contributed by atoms with Crippen molar-refractivity contribution in [1.29, 1.82) is 0 Å². The molecule has 0 fully saturated rings. The third kappa shape index (κ3) is 4.38. The fraction of sp³-hybridized carbons (Fsp3) is 0.636. The highest BCUT2D eigenvalue weighted by atomic mass is 32.2. The molecule has 0 aromatic carbocycles. The van der Waals surface area contributed by atoms with Crippen LogP contribution in [0.2, 0.25) is 0 Å². The Morgan fingerprint density at radius 3 is 2.78 bits per heavy atom. The number of ether oxygens (including phenoxy) is 1. The van der Waals surface area contributed by atoms with E-state index in [1.165, 1.54) is 17.6 Å². The average Bonchev–Trinajstić information content (AvgIpc) is 2.73. The minimum atomic E-state index is -3.13. The molecule has 18 heavy (non-hydrogen) atoms. The number of sulfone groups is 1. The van der Waals surface area contributed by atoms with Gasteiger partial charge in [0.05, 0.1) is 18.7 Å². The van der Waals surface area contributed by atoms with Crippen LogP contribution in [-0.4, -0.2) is 32.2 Å². The number of rotatable bonds is 6. The Morgan fingerprint density at radius 1 is 1.56 bits per heavy atom. The van der Waals surface area contributed by atoms with E-state index < -0.39 is 15.1 Å². The zero-order chi connectivity index (χ0) is 13.8. The van der Waals surface area contributed by atoms with E-state index in [-0.39, 0.29) is 12.4 Å². The summed E-state index contributed by atoms with van der Waals surface area (Å²) in [5.74, 6) is -0.261. The van der Waals surface area contributed by atoms with Gasteiger partial charge in [-0.2, -0.15) is 0 Å². The summed E-state index contributed by atoms with van der Waals surface area (Å²) in [4.78, 5) is 15.4. The molecule has 0 radical (unpaired) electrons. The molecule has 0 saturated carbocycles. The summed E-state index contributed by atoms with van der Waals surface area (Å²) in [6, 6.07) is 0. The second kappa shape index (κ2) is 6.29. The molecule has 0 amide bonds.